The van der Waals surface area contributed by atoms with Crippen molar-refractivity contribution in [2.45, 2.75) is 33.3 Å². The minimum atomic E-state index is -0.184. The van der Waals surface area contributed by atoms with Gasteiger partial charge in [0.15, 0.2) is 0 Å². The number of benzene rings is 1. The molecular formula is C14H18O2. The molecule has 0 unspecified atom stereocenters. The van der Waals surface area contributed by atoms with Gasteiger partial charge in [-0.25, -0.2) is 0 Å². The first-order chi connectivity index (χ1) is 7.40. The molecule has 2 nitrogen and oxygen atoms in total. The number of rotatable bonds is 3. The number of hydrogen-bond donors (Lipinski definition) is 0. The van der Waals surface area contributed by atoms with Crippen molar-refractivity contribution in [3.63, 3.8) is 0 Å². The number of ether oxygens (including phenoxy) is 1. The molecule has 0 atom stereocenters. The zero-order valence-corrected chi connectivity index (χ0v) is 10.3. The quantitative estimate of drug-likeness (QED) is 0.573. The zero-order chi connectivity index (χ0) is 12.2. The van der Waals surface area contributed by atoms with E-state index in [0.717, 1.165) is 17.6 Å². The number of carbonyl (C=O) groups is 1. The molecule has 1 aromatic rings. The van der Waals surface area contributed by atoms with Crippen molar-refractivity contribution in [3.05, 3.63) is 35.4 Å². The van der Waals surface area contributed by atoms with Crippen molar-refractivity contribution in [3.8, 4) is 5.75 Å². The normalized spacial score (nSPS) is 12.4. The molecule has 16 heavy (non-hydrogen) atoms. The second-order valence-corrected chi connectivity index (χ2v) is 4.79. The fraction of sp³-hybridized carbons (Fsp3) is 0.357. The van der Waals surface area contributed by atoms with Gasteiger partial charge in [0.05, 0.1) is 0 Å². The molecule has 0 aliphatic carbocycles. The first-order valence-electron chi connectivity index (χ1n) is 5.33. The van der Waals surface area contributed by atoms with Crippen LogP contribution in [0.25, 0.3) is 6.08 Å². The molecule has 0 aliphatic heterocycles. The maximum atomic E-state index is 10.5. The van der Waals surface area contributed by atoms with Crippen molar-refractivity contribution in [1.29, 1.82) is 0 Å². The molecule has 0 fully saturated rings. The highest BCUT2D eigenvalue weighted by atomic mass is 16.5. The predicted octanol–water partition coefficient (Wildman–Crippen LogP) is 3.47. The molecule has 0 bridgehead atoms. The molecule has 1 rings (SSSR count). The molecule has 0 radical (unpaired) electrons. The summed E-state index contributed by atoms with van der Waals surface area (Å²) in [7, 11) is 0. The third-order valence-corrected chi connectivity index (χ3v) is 1.88. The Morgan fingerprint density at radius 2 is 1.75 bits per heavy atom. The SMILES string of the molecule is C/C(C=O)=C\c1ccc(OC(C)(C)C)cc1. The molecule has 1 aromatic carbocycles. The Kier molecular flexibility index (Phi) is 3.88. The third-order valence-electron chi connectivity index (χ3n) is 1.88. The first-order valence-corrected chi connectivity index (χ1v) is 5.33. The summed E-state index contributed by atoms with van der Waals surface area (Å²) in [5.74, 6) is 0.841. The van der Waals surface area contributed by atoms with Crippen LogP contribution < -0.4 is 4.74 Å². The second kappa shape index (κ2) is 4.97. The molecule has 0 spiro atoms. The van der Waals surface area contributed by atoms with E-state index in [1.54, 1.807) is 6.92 Å². The summed E-state index contributed by atoms with van der Waals surface area (Å²) in [6.07, 6.45) is 2.69. The van der Waals surface area contributed by atoms with Gasteiger partial charge in [-0.1, -0.05) is 12.1 Å². The maximum Gasteiger partial charge on any atom is 0.145 e. The van der Waals surface area contributed by atoms with Gasteiger partial charge in [-0.05, 0) is 57.0 Å². The number of hydrogen-bond acceptors (Lipinski definition) is 2. The Balaban J connectivity index is 2.80. The second-order valence-electron chi connectivity index (χ2n) is 4.79. The minimum Gasteiger partial charge on any atom is -0.488 e. The van der Waals surface area contributed by atoms with Crippen LogP contribution in [0.4, 0.5) is 0 Å². The Labute approximate surface area is 96.9 Å². The van der Waals surface area contributed by atoms with Crippen molar-refractivity contribution >= 4 is 12.4 Å². The Morgan fingerprint density at radius 3 is 2.19 bits per heavy atom. The highest BCUT2D eigenvalue weighted by Gasteiger charge is 2.10. The van der Waals surface area contributed by atoms with Crippen LogP contribution in [0.3, 0.4) is 0 Å². The maximum absolute atomic E-state index is 10.5. The number of allylic oxidation sites excluding steroid dienone is 1. The topological polar surface area (TPSA) is 26.3 Å². The number of carbonyl (C=O) groups excluding carboxylic acids is 1. The van der Waals surface area contributed by atoms with Gasteiger partial charge in [0.25, 0.3) is 0 Å². The van der Waals surface area contributed by atoms with Crippen molar-refractivity contribution in [1.82, 2.24) is 0 Å². The molecule has 2 heteroatoms. The highest BCUT2D eigenvalue weighted by molar-refractivity contribution is 5.80. The molecular weight excluding hydrogens is 200 g/mol. The average molecular weight is 218 g/mol. The zero-order valence-electron chi connectivity index (χ0n) is 10.3. The fourth-order valence-electron chi connectivity index (χ4n) is 1.28. The van der Waals surface area contributed by atoms with Crippen LogP contribution >= 0.6 is 0 Å². The van der Waals surface area contributed by atoms with Crippen LogP contribution in [-0.4, -0.2) is 11.9 Å². The molecule has 0 aromatic heterocycles. The Morgan fingerprint density at radius 1 is 1.19 bits per heavy atom. The third kappa shape index (κ3) is 4.30. The molecule has 86 valence electrons. The summed E-state index contributed by atoms with van der Waals surface area (Å²) >= 11 is 0. The van der Waals surface area contributed by atoms with Gasteiger partial charge in [0, 0.05) is 0 Å². The monoisotopic (exact) mass is 218 g/mol. The van der Waals surface area contributed by atoms with Gasteiger partial charge < -0.3 is 4.74 Å². The predicted molar refractivity (Wildman–Crippen MR) is 66.5 cm³/mol. The van der Waals surface area contributed by atoms with Crippen LogP contribution in [0.15, 0.2) is 29.8 Å². The van der Waals surface area contributed by atoms with E-state index in [2.05, 4.69) is 0 Å². The molecule has 0 N–H and O–H groups in total. The standard InChI is InChI=1S/C14H18O2/c1-11(10-15)9-12-5-7-13(8-6-12)16-14(2,3)4/h5-10H,1-4H3/b11-9+. The molecule has 0 amide bonds. The van der Waals surface area contributed by atoms with E-state index in [4.69, 9.17) is 4.74 Å². The lowest BCUT2D eigenvalue weighted by atomic mass is 10.1. The van der Waals surface area contributed by atoms with Crippen LogP contribution in [0, 0.1) is 0 Å². The van der Waals surface area contributed by atoms with E-state index in [-0.39, 0.29) is 5.60 Å². The molecule has 0 aliphatic rings. The van der Waals surface area contributed by atoms with Gasteiger partial charge in [-0.15, -0.1) is 0 Å². The van der Waals surface area contributed by atoms with Gasteiger partial charge in [0.2, 0.25) is 0 Å². The Bertz CT molecular complexity index is 380. The van der Waals surface area contributed by atoms with Crippen LogP contribution in [0.1, 0.15) is 33.3 Å². The van der Waals surface area contributed by atoms with Crippen LogP contribution in [-0.2, 0) is 4.79 Å². The van der Waals surface area contributed by atoms with Crippen molar-refractivity contribution in [2.75, 3.05) is 0 Å². The summed E-state index contributed by atoms with van der Waals surface area (Å²) in [5, 5.41) is 0. The number of aldehydes is 1. The van der Waals surface area contributed by atoms with E-state index in [0.29, 0.717) is 5.57 Å². The molecule has 0 saturated heterocycles. The van der Waals surface area contributed by atoms with E-state index >= 15 is 0 Å². The summed E-state index contributed by atoms with van der Waals surface area (Å²) < 4.78 is 5.70. The summed E-state index contributed by atoms with van der Waals surface area (Å²) in [5.41, 5.74) is 1.53. The smallest absolute Gasteiger partial charge is 0.145 e. The van der Waals surface area contributed by atoms with Crippen molar-refractivity contribution in [2.24, 2.45) is 0 Å². The lowest BCUT2D eigenvalue weighted by Crippen LogP contribution is -2.22. The van der Waals surface area contributed by atoms with E-state index in [1.807, 2.05) is 51.1 Å². The van der Waals surface area contributed by atoms with Crippen molar-refractivity contribution < 1.29 is 9.53 Å². The lowest BCUT2D eigenvalue weighted by molar-refractivity contribution is -0.104. The molecule has 0 heterocycles. The lowest BCUT2D eigenvalue weighted by Gasteiger charge is -2.21. The minimum absolute atomic E-state index is 0.184. The highest BCUT2D eigenvalue weighted by Crippen LogP contribution is 2.19. The van der Waals surface area contributed by atoms with Gasteiger partial charge in [-0.2, -0.15) is 0 Å². The largest absolute Gasteiger partial charge is 0.488 e. The van der Waals surface area contributed by atoms with E-state index in [1.165, 1.54) is 0 Å². The summed E-state index contributed by atoms with van der Waals surface area (Å²) in [4.78, 5) is 10.5. The van der Waals surface area contributed by atoms with E-state index < -0.39 is 0 Å². The summed E-state index contributed by atoms with van der Waals surface area (Å²) in [6, 6.07) is 7.70. The fourth-order valence-corrected chi connectivity index (χ4v) is 1.28. The Hall–Kier alpha value is -1.57. The van der Waals surface area contributed by atoms with E-state index in [9.17, 15) is 4.79 Å². The average Bonchev–Trinajstić information content (AvgIpc) is 2.18. The van der Waals surface area contributed by atoms with Crippen LogP contribution in [0.2, 0.25) is 0 Å². The first kappa shape index (κ1) is 12.5. The van der Waals surface area contributed by atoms with Crippen LogP contribution in [0.5, 0.6) is 5.75 Å². The van der Waals surface area contributed by atoms with Gasteiger partial charge >= 0.3 is 0 Å². The van der Waals surface area contributed by atoms with Gasteiger partial charge in [-0.3, -0.25) is 4.79 Å². The molecule has 0 saturated carbocycles. The van der Waals surface area contributed by atoms with Gasteiger partial charge in [0.1, 0.15) is 17.6 Å². The summed E-state index contributed by atoms with van der Waals surface area (Å²) in [6.45, 7) is 7.82.